The number of benzene rings is 1. The number of aromatic nitrogens is 1. The molecule has 1 unspecified atom stereocenters. The Morgan fingerprint density at radius 2 is 2.08 bits per heavy atom. The fourth-order valence-electron chi connectivity index (χ4n) is 4.39. The molecule has 1 fully saturated rings. The molecular formula is C18H23N3O2S2. The zero-order valence-electron chi connectivity index (χ0n) is 14.3. The van der Waals surface area contributed by atoms with Gasteiger partial charge in [-0.05, 0) is 48.9 Å². The summed E-state index contributed by atoms with van der Waals surface area (Å²) in [7, 11) is -3.22. The zero-order valence-corrected chi connectivity index (χ0v) is 15.9. The lowest BCUT2D eigenvalue weighted by Gasteiger charge is -2.40. The van der Waals surface area contributed by atoms with E-state index in [9.17, 15) is 8.42 Å². The van der Waals surface area contributed by atoms with Crippen molar-refractivity contribution in [1.29, 1.82) is 0 Å². The lowest BCUT2D eigenvalue weighted by molar-refractivity contribution is 0.148. The Hall–Kier alpha value is -1.28. The van der Waals surface area contributed by atoms with Gasteiger partial charge in [-0.1, -0.05) is 24.3 Å². The molecule has 2 aromatic rings. The van der Waals surface area contributed by atoms with Gasteiger partial charge in [-0.15, -0.1) is 11.3 Å². The summed E-state index contributed by atoms with van der Waals surface area (Å²) in [5.74, 6) is 0. The van der Waals surface area contributed by atoms with E-state index in [1.807, 2.05) is 17.6 Å². The smallest absolute Gasteiger partial charge is 0.209 e. The highest BCUT2D eigenvalue weighted by Crippen LogP contribution is 2.50. The minimum atomic E-state index is -3.22. The molecule has 0 amide bonds. The number of likely N-dealkylation sites (tertiary alicyclic amines) is 1. The number of rotatable bonds is 4. The lowest BCUT2D eigenvalue weighted by Crippen LogP contribution is -2.41. The van der Waals surface area contributed by atoms with Crippen molar-refractivity contribution in [1.82, 2.24) is 14.6 Å². The number of fused-ring (bicyclic) bond motifs is 2. The Bertz CT molecular complexity index is 841. The van der Waals surface area contributed by atoms with Crippen LogP contribution in [0.4, 0.5) is 0 Å². The summed E-state index contributed by atoms with van der Waals surface area (Å²) >= 11 is 1.71. The molecule has 25 heavy (non-hydrogen) atoms. The Kier molecular flexibility index (Phi) is 4.43. The predicted molar refractivity (Wildman–Crippen MR) is 100 cm³/mol. The number of thiazole rings is 1. The van der Waals surface area contributed by atoms with Crippen molar-refractivity contribution >= 4 is 21.4 Å². The van der Waals surface area contributed by atoms with Gasteiger partial charge in [-0.2, -0.15) is 0 Å². The summed E-state index contributed by atoms with van der Waals surface area (Å²) in [5.41, 5.74) is 2.59. The Labute approximate surface area is 153 Å². The third-order valence-corrected chi connectivity index (χ3v) is 6.99. The average Bonchev–Trinajstić information content (AvgIpc) is 3.17. The van der Waals surface area contributed by atoms with Gasteiger partial charge in [0, 0.05) is 17.6 Å². The molecular weight excluding hydrogens is 354 g/mol. The topological polar surface area (TPSA) is 62.3 Å². The molecule has 5 nitrogen and oxygen atoms in total. The van der Waals surface area contributed by atoms with E-state index in [4.69, 9.17) is 0 Å². The van der Waals surface area contributed by atoms with Crippen LogP contribution in [0.25, 0.3) is 0 Å². The summed E-state index contributed by atoms with van der Waals surface area (Å²) in [4.78, 5) is 6.85. The molecule has 2 aliphatic rings. The van der Waals surface area contributed by atoms with Crippen LogP contribution in [-0.4, -0.2) is 37.6 Å². The largest absolute Gasteiger partial charge is 0.297 e. The molecule has 134 valence electrons. The molecule has 1 atom stereocenters. The maximum atomic E-state index is 11.8. The van der Waals surface area contributed by atoms with Gasteiger partial charge < -0.3 is 0 Å². The summed E-state index contributed by atoms with van der Waals surface area (Å²) in [5, 5.41) is 3.19. The van der Waals surface area contributed by atoms with Crippen molar-refractivity contribution in [2.45, 2.75) is 37.3 Å². The van der Waals surface area contributed by atoms with Gasteiger partial charge in [0.15, 0.2) is 0 Å². The highest BCUT2D eigenvalue weighted by molar-refractivity contribution is 7.88. The summed E-state index contributed by atoms with van der Waals surface area (Å²) in [6.45, 7) is 2.97. The molecule has 0 bridgehead atoms. The van der Waals surface area contributed by atoms with Crippen molar-refractivity contribution in [3.63, 3.8) is 0 Å². The zero-order chi connectivity index (χ0) is 17.5. The third-order valence-electron chi connectivity index (χ3n) is 5.51. The molecule has 1 saturated heterocycles. The van der Waals surface area contributed by atoms with Crippen LogP contribution < -0.4 is 4.72 Å². The summed E-state index contributed by atoms with van der Waals surface area (Å²) in [6, 6.07) is 8.25. The van der Waals surface area contributed by atoms with Crippen LogP contribution in [0.5, 0.6) is 0 Å². The van der Waals surface area contributed by atoms with Gasteiger partial charge >= 0.3 is 0 Å². The number of sulfonamides is 1. The minimum Gasteiger partial charge on any atom is -0.297 e. The van der Waals surface area contributed by atoms with E-state index in [2.05, 4.69) is 32.8 Å². The van der Waals surface area contributed by atoms with Crippen LogP contribution in [0.2, 0.25) is 0 Å². The lowest BCUT2D eigenvalue weighted by atomic mass is 9.73. The highest BCUT2D eigenvalue weighted by Gasteiger charge is 2.45. The standard InChI is InChI=1S/C18H23N3O2S2/c1-25(22,23)20-16-12-18(15-5-3-2-4-14(15)16)6-9-21(10-7-18)13-17-19-8-11-24-17/h2-5,8,11,16,20H,6-7,9-10,12-13H2,1H3. The maximum Gasteiger partial charge on any atom is 0.209 e. The van der Waals surface area contributed by atoms with E-state index >= 15 is 0 Å². The van der Waals surface area contributed by atoms with Crippen LogP contribution in [0.3, 0.4) is 0 Å². The van der Waals surface area contributed by atoms with E-state index in [0.29, 0.717) is 0 Å². The third kappa shape index (κ3) is 3.51. The van der Waals surface area contributed by atoms with Crippen molar-refractivity contribution in [2.24, 2.45) is 0 Å². The number of hydrogen-bond donors (Lipinski definition) is 1. The maximum absolute atomic E-state index is 11.8. The Morgan fingerprint density at radius 3 is 2.76 bits per heavy atom. The molecule has 7 heteroatoms. The SMILES string of the molecule is CS(=O)(=O)NC1CC2(CCN(Cc3nccs3)CC2)c2ccccc21. The van der Waals surface area contributed by atoms with Crippen molar-refractivity contribution in [3.8, 4) is 0 Å². The second kappa shape index (κ2) is 6.46. The van der Waals surface area contributed by atoms with E-state index < -0.39 is 10.0 Å². The van der Waals surface area contributed by atoms with E-state index in [1.165, 1.54) is 16.8 Å². The fraction of sp³-hybridized carbons (Fsp3) is 0.500. The highest BCUT2D eigenvalue weighted by atomic mass is 32.2. The summed E-state index contributed by atoms with van der Waals surface area (Å²) in [6.07, 6.45) is 6.11. The fourth-order valence-corrected chi connectivity index (χ4v) is 5.78. The normalized spacial score (nSPS) is 23.0. The van der Waals surface area contributed by atoms with Crippen LogP contribution in [-0.2, 0) is 22.0 Å². The average molecular weight is 378 g/mol. The van der Waals surface area contributed by atoms with E-state index in [-0.39, 0.29) is 11.5 Å². The van der Waals surface area contributed by atoms with Crippen molar-refractivity contribution in [2.75, 3.05) is 19.3 Å². The molecule has 1 N–H and O–H groups in total. The second-order valence-electron chi connectivity index (χ2n) is 7.22. The first-order valence-corrected chi connectivity index (χ1v) is 11.4. The van der Waals surface area contributed by atoms with Gasteiger partial charge in [0.2, 0.25) is 10.0 Å². The molecule has 0 radical (unpaired) electrons. The molecule has 1 aromatic carbocycles. The van der Waals surface area contributed by atoms with Gasteiger partial charge in [0.25, 0.3) is 0 Å². The minimum absolute atomic E-state index is 0.0956. The second-order valence-corrected chi connectivity index (χ2v) is 9.98. The van der Waals surface area contributed by atoms with Gasteiger partial charge in [-0.3, -0.25) is 4.90 Å². The molecule has 0 saturated carbocycles. The van der Waals surface area contributed by atoms with Crippen LogP contribution in [0.15, 0.2) is 35.8 Å². The monoisotopic (exact) mass is 377 g/mol. The first-order chi connectivity index (χ1) is 12.0. The summed E-state index contributed by atoms with van der Waals surface area (Å²) < 4.78 is 26.4. The van der Waals surface area contributed by atoms with Gasteiger partial charge in [-0.25, -0.2) is 18.1 Å². The number of hydrogen-bond acceptors (Lipinski definition) is 5. The quantitative estimate of drug-likeness (QED) is 0.890. The number of piperidine rings is 1. The molecule has 1 aliphatic carbocycles. The van der Waals surface area contributed by atoms with Crippen molar-refractivity contribution < 1.29 is 8.42 Å². The number of nitrogens with zero attached hydrogens (tertiary/aromatic N) is 2. The Balaban J connectivity index is 1.53. The van der Waals surface area contributed by atoms with Crippen LogP contribution in [0, 0.1) is 0 Å². The van der Waals surface area contributed by atoms with Crippen molar-refractivity contribution in [3.05, 3.63) is 52.0 Å². The molecule has 1 aromatic heterocycles. The first kappa shape index (κ1) is 17.1. The number of nitrogens with one attached hydrogen (secondary N) is 1. The van der Waals surface area contributed by atoms with Crippen LogP contribution >= 0.6 is 11.3 Å². The molecule has 4 rings (SSSR count). The van der Waals surface area contributed by atoms with Crippen LogP contribution in [0.1, 0.15) is 41.4 Å². The molecule has 1 aliphatic heterocycles. The Morgan fingerprint density at radius 1 is 1.32 bits per heavy atom. The first-order valence-electron chi connectivity index (χ1n) is 8.63. The van der Waals surface area contributed by atoms with E-state index in [0.717, 1.165) is 44.5 Å². The molecule has 2 heterocycles. The van der Waals surface area contributed by atoms with Gasteiger partial charge in [0.1, 0.15) is 5.01 Å². The van der Waals surface area contributed by atoms with Gasteiger partial charge in [0.05, 0.1) is 12.8 Å². The van der Waals surface area contributed by atoms with E-state index in [1.54, 1.807) is 11.3 Å². The predicted octanol–water partition coefficient (Wildman–Crippen LogP) is 2.67. The molecule has 1 spiro atoms.